The van der Waals surface area contributed by atoms with Gasteiger partial charge in [-0.05, 0) is 12.3 Å². The average molecular weight is 244 g/mol. The van der Waals surface area contributed by atoms with Crippen LogP contribution in [0.4, 0.5) is 0 Å². The highest BCUT2D eigenvalue weighted by molar-refractivity contribution is 5.81. The molecule has 0 bridgehead atoms. The van der Waals surface area contributed by atoms with Crippen LogP contribution in [0.25, 0.3) is 0 Å². The highest BCUT2D eigenvalue weighted by Gasteiger charge is 2.30. The molecule has 1 amide bonds. The number of rotatable bonds is 7. The maximum Gasteiger partial charge on any atom is 0.236 e. The van der Waals surface area contributed by atoms with Crippen molar-refractivity contribution >= 4 is 5.91 Å². The van der Waals surface area contributed by atoms with Crippen LogP contribution in [0.1, 0.15) is 47.5 Å². The van der Waals surface area contributed by atoms with Gasteiger partial charge < -0.3 is 16.2 Å². The second-order valence-electron chi connectivity index (χ2n) is 5.79. The second kappa shape index (κ2) is 6.97. The first-order valence-corrected chi connectivity index (χ1v) is 6.43. The van der Waals surface area contributed by atoms with Gasteiger partial charge in [-0.25, -0.2) is 0 Å². The van der Waals surface area contributed by atoms with Crippen LogP contribution < -0.4 is 11.1 Å². The van der Waals surface area contributed by atoms with E-state index in [2.05, 4.69) is 5.32 Å². The second-order valence-corrected chi connectivity index (χ2v) is 5.79. The minimum absolute atomic E-state index is 0.129. The number of nitrogens with two attached hydrogens (primary N) is 1. The van der Waals surface area contributed by atoms with Crippen molar-refractivity contribution < 1.29 is 9.90 Å². The minimum atomic E-state index is -0.440. The molecule has 0 radical (unpaired) electrons. The molecule has 0 aliphatic carbocycles. The number of carbonyl (C=O) groups is 1. The van der Waals surface area contributed by atoms with Gasteiger partial charge in [0.05, 0.1) is 12.1 Å². The smallest absolute Gasteiger partial charge is 0.236 e. The summed E-state index contributed by atoms with van der Waals surface area (Å²) < 4.78 is 0. The summed E-state index contributed by atoms with van der Waals surface area (Å²) in [4.78, 5) is 11.7. The van der Waals surface area contributed by atoms with Crippen LogP contribution >= 0.6 is 0 Å². The maximum absolute atomic E-state index is 11.7. The molecule has 0 fully saturated rings. The Morgan fingerprint density at radius 2 is 1.94 bits per heavy atom. The minimum Gasteiger partial charge on any atom is -0.392 e. The van der Waals surface area contributed by atoms with Crippen LogP contribution in [-0.4, -0.2) is 29.7 Å². The Bertz CT molecular complexity index is 240. The van der Waals surface area contributed by atoms with Gasteiger partial charge in [0.25, 0.3) is 0 Å². The van der Waals surface area contributed by atoms with Crippen molar-refractivity contribution in [2.75, 3.05) is 6.54 Å². The van der Waals surface area contributed by atoms with E-state index in [9.17, 15) is 9.90 Å². The van der Waals surface area contributed by atoms with Crippen molar-refractivity contribution in [3.63, 3.8) is 0 Å². The van der Waals surface area contributed by atoms with Gasteiger partial charge in [-0.15, -0.1) is 0 Å². The standard InChI is InChI=1S/C13H28N2O2/c1-6-7-10(14)12(17)15-8-13(4,5)11(16)9(2)3/h9-11,16H,6-8,14H2,1-5H3,(H,15,17). The monoisotopic (exact) mass is 244 g/mol. The molecule has 0 saturated heterocycles. The summed E-state index contributed by atoms with van der Waals surface area (Å²) in [5.41, 5.74) is 5.38. The summed E-state index contributed by atoms with van der Waals surface area (Å²) in [6.07, 6.45) is 1.15. The summed E-state index contributed by atoms with van der Waals surface area (Å²) in [7, 11) is 0. The summed E-state index contributed by atoms with van der Waals surface area (Å²) in [5, 5.41) is 12.8. The fourth-order valence-corrected chi connectivity index (χ4v) is 1.90. The summed E-state index contributed by atoms with van der Waals surface area (Å²) in [5.74, 6) is 0.0436. The van der Waals surface area contributed by atoms with Gasteiger partial charge in [-0.3, -0.25) is 4.79 Å². The van der Waals surface area contributed by atoms with Crippen molar-refractivity contribution in [1.29, 1.82) is 0 Å². The van der Waals surface area contributed by atoms with E-state index < -0.39 is 12.1 Å². The van der Waals surface area contributed by atoms with E-state index in [0.29, 0.717) is 13.0 Å². The van der Waals surface area contributed by atoms with Gasteiger partial charge in [0.2, 0.25) is 5.91 Å². The predicted octanol–water partition coefficient (Wildman–Crippen LogP) is 1.27. The first-order valence-electron chi connectivity index (χ1n) is 6.43. The lowest BCUT2D eigenvalue weighted by atomic mass is 9.80. The Morgan fingerprint density at radius 3 is 2.35 bits per heavy atom. The SMILES string of the molecule is CCCC(N)C(=O)NCC(C)(C)C(O)C(C)C. The van der Waals surface area contributed by atoms with Crippen molar-refractivity contribution in [1.82, 2.24) is 5.32 Å². The molecule has 0 aliphatic rings. The van der Waals surface area contributed by atoms with Crippen LogP contribution in [-0.2, 0) is 4.79 Å². The van der Waals surface area contributed by atoms with E-state index in [1.54, 1.807) is 0 Å². The maximum atomic E-state index is 11.7. The number of carbonyl (C=O) groups excluding carboxylic acids is 1. The van der Waals surface area contributed by atoms with Crippen molar-refractivity contribution in [2.24, 2.45) is 17.1 Å². The van der Waals surface area contributed by atoms with Crippen LogP contribution in [0.15, 0.2) is 0 Å². The molecule has 4 N–H and O–H groups in total. The lowest BCUT2D eigenvalue weighted by Gasteiger charge is -2.33. The molecule has 0 aromatic heterocycles. The van der Waals surface area contributed by atoms with E-state index in [4.69, 9.17) is 5.73 Å². The van der Waals surface area contributed by atoms with Gasteiger partial charge in [0, 0.05) is 12.0 Å². The number of nitrogens with one attached hydrogen (secondary N) is 1. The lowest BCUT2D eigenvalue weighted by molar-refractivity contribution is -0.123. The fourth-order valence-electron chi connectivity index (χ4n) is 1.90. The molecule has 4 nitrogen and oxygen atoms in total. The molecule has 17 heavy (non-hydrogen) atoms. The molecule has 102 valence electrons. The number of hydrogen-bond donors (Lipinski definition) is 3. The Labute approximate surface area is 105 Å². The lowest BCUT2D eigenvalue weighted by Crippen LogP contribution is -2.48. The first kappa shape index (κ1) is 16.4. The molecule has 0 heterocycles. The van der Waals surface area contributed by atoms with Crippen LogP contribution in [0.2, 0.25) is 0 Å². The average Bonchev–Trinajstić information content (AvgIpc) is 2.25. The van der Waals surface area contributed by atoms with E-state index in [-0.39, 0.29) is 17.2 Å². The van der Waals surface area contributed by atoms with Gasteiger partial charge >= 0.3 is 0 Å². The van der Waals surface area contributed by atoms with Gasteiger partial charge in [0.1, 0.15) is 0 Å². The molecular weight excluding hydrogens is 216 g/mol. The third-order valence-electron chi connectivity index (χ3n) is 3.09. The Hall–Kier alpha value is -0.610. The van der Waals surface area contributed by atoms with Crippen LogP contribution in [0.3, 0.4) is 0 Å². The molecule has 0 aromatic rings. The molecule has 2 unspecified atom stereocenters. The number of aliphatic hydroxyl groups is 1. The number of aliphatic hydroxyl groups excluding tert-OH is 1. The molecule has 0 spiro atoms. The van der Waals surface area contributed by atoms with Crippen molar-refractivity contribution in [2.45, 2.75) is 59.6 Å². The third-order valence-corrected chi connectivity index (χ3v) is 3.09. The first-order chi connectivity index (χ1) is 7.72. The van der Waals surface area contributed by atoms with E-state index in [1.165, 1.54) is 0 Å². The van der Waals surface area contributed by atoms with Crippen LogP contribution in [0.5, 0.6) is 0 Å². The molecule has 0 rings (SSSR count). The Morgan fingerprint density at radius 1 is 1.41 bits per heavy atom. The van der Waals surface area contributed by atoms with Crippen LogP contribution in [0, 0.1) is 11.3 Å². The predicted molar refractivity (Wildman–Crippen MR) is 70.5 cm³/mol. The summed E-state index contributed by atoms with van der Waals surface area (Å²) >= 11 is 0. The Balaban J connectivity index is 4.22. The topological polar surface area (TPSA) is 75.4 Å². The largest absolute Gasteiger partial charge is 0.392 e. The van der Waals surface area contributed by atoms with Gasteiger partial charge in [-0.2, -0.15) is 0 Å². The highest BCUT2D eigenvalue weighted by atomic mass is 16.3. The number of hydrogen-bond acceptors (Lipinski definition) is 3. The summed E-state index contributed by atoms with van der Waals surface area (Å²) in [6.45, 7) is 10.3. The molecule has 0 aromatic carbocycles. The third kappa shape index (κ3) is 5.50. The zero-order valence-corrected chi connectivity index (χ0v) is 11.8. The summed E-state index contributed by atoms with van der Waals surface area (Å²) in [6, 6.07) is -0.438. The molecule has 2 atom stereocenters. The van der Waals surface area contributed by atoms with Gasteiger partial charge in [0.15, 0.2) is 0 Å². The van der Waals surface area contributed by atoms with E-state index >= 15 is 0 Å². The molecule has 0 aliphatic heterocycles. The van der Waals surface area contributed by atoms with Gasteiger partial charge in [-0.1, -0.05) is 41.0 Å². The quantitative estimate of drug-likeness (QED) is 0.631. The van der Waals surface area contributed by atoms with E-state index in [0.717, 1.165) is 6.42 Å². The zero-order chi connectivity index (χ0) is 13.6. The fraction of sp³-hybridized carbons (Fsp3) is 0.923. The molecular formula is C13H28N2O2. The molecule has 0 saturated carbocycles. The normalized spacial score (nSPS) is 15.8. The van der Waals surface area contributed by atoms with E-state index in [1.807, 2.05) is 34.6 Å². The van der Waals surface area contributed by atoms with Crippen molar-refractivity contribution in [3.8, 4) is 0 Å². The number of amides is 1. The zero-order valence-electron chi connectivity index (χ0n) is 11.8. The van der Waals surface area contributed by atoms with Crippen molar-refractivity contribution in [3.05, 3.63) is 0 Å². The molecule has 4 heteroatoms. The highest BCUT2D eigenvalue weighted by Crippen LogP contribution is 2.25. The Kier molecular flexibility index (Phi) is 6.72.